The molecule has 7 heteroatoms. The Morgan fingerprint density at radius 2 is 1.83 bits per heavy atom. The smallest absolute Gasteiger partial charge is 0.302 e. The molecule has 0 radical (unpaired) electrons. The van der Waals surface area contributed by atoms with Gasteiger partial charge in [-0.05, 0) is 43.4 Å². The predicted molar refractivity (Wildman–Crippen MR) is 82.9 cm³/mol. The molecule has 0 amide bonds. The molecule has 1 aromatic carbocycles. The van der Waals surface area contributed by atoms with Gasteiger partial charge in [0.05, 0.1) is 12.4 Å². The summed E-state index contributed by atoms with van der Waals surface area (Å²) in [6.07, 6.45) is 2.94. The Labute approximate surface area is 135 Å². The Hall–Kier alpha value is -1.47. The average Bonchev–Trinajstić information content (AvgIpc) is 2.46. The second-order valence-electron chi connectivity index (χ2n) is 6.07. The van der Waals surface area contributed by atoms with Crippen LogP contribution in [0.4, 0.5) is 4.39 Å². The van der Waals surface area contributed by atoms with Gasteiger partial charge in [0, 0.05) is 12.3 Å². The monoisotopic (exact) mass is 344 g/mol. The summed E-state index contributed by atoms with van der Waals surface area (Å²) < 4.78 is 45.9. The van der Waals surface area contributed by atoms with E-state index in [1.807, 2.05) is 0 Å². The Morgan fingerprint density at radius 3 is 2.30 bits per heavy atom. The molecule has 1 aromatic rings. The predicted octanol–water partition coefficient (Wildman–Crippen LogP) is 2.55. The number of rotatable bonds is 5. The molecule has 0 unspecified atom stereocenters. The molecule has 0 bridgehead atoms. The molecule has 0 saturated heterocycles. The zero-order chi connectivity index (χ0) is 17.1. The SMILES string of the molecule is CC(=O)OC[C@]1(c2ccc(F)cc2)CC[C@H](OS(C)(=O)=O)CC1. The van der Waals surface area contributed by atoms with Crippen molar-refractivity contribution in [3.63, 3.8) is 0 Å². The first-order valence-electron chi connectivity index (χ1n) is 7.48. The average molecular weight is 344 g/mol. The molecule has 1 saturated carbocycles. The quantitative estimate of drug-likeness (QED) is 0.606. The summed E-state index contributed by atoms with van der Waals surface area (Å²) in [6, 6.07) is 6.14. The first kappa shape index (κ1) is 17.9. The van der Waals surface area contributed by atoms with Gasteiger partial charge in [-0.25, -0.2) is 4.39 Å². The molecule has 1 aliphatic rings. The third-order valence-corrected chi connectivity index (χ3v) is 4.83. The van der Waals surface area contributed by atoms with E-state index in [0.717, 1.165) is 11.8 Å². The molecule has 5 nitrogen and oxygen atoms in total. The van der Waals surface area contributed by atoms with Crippen LogP contribution in [0.2, 0.25) is 0 Å². The van der Waals surface area contributed by atoms with Gasteiger partial charge in [0.15, 0.2) is 0 Å². The van der Waals surface area contributed by atoms with Crippen molar-refractivity contribution in [2.24, 2.45) is 0 Å². The summed E-state index contributed by atoms with van der Waals surface area (Å²) in [4.78, 5) is 11.2. The minimum absolute atomic E-state index is 0.194. The molecular formula is C16H21FO5S. The first-order valence-corrected chi connectivity index (χ1v) is 9.29. The molecule has 0 spiro atoms. The van der Waals surface area contributed by atoms with E-state index in [1.165, 1.54) is 19.1 Å². The summed E-state index contributed by atoms with van der Waals surface area (Å²) in [5, 5.41) is 0. The number of carbonyl (C=O) groups excluding carboxylic acids is 1. The maximum absolute atomic E-state index is 13.2. The van der Waals surface area contributed by atoms with Crippen LogP contribution in [-0.4, -0.2) is 33.4 Å². The summed E-state index contributed by atoms with van der Waals surface area (Å²) in [5.41, 5.74) is 0.453. The van der Waals surface area contributed by atoms with Crippen molar-refractivity contribution in [1.82, 2.24) is 0 Å². The van der Waals surface area contributed by atoms with Gasteiger partial charge in [-0.2, -0.15) is 8.42 Å². The van der Waals surface area contributed by atoms with Crippen molar-refractivity contribution in [3.8, 4) is 0 Å². The van der Waals surface area contributed by atoms with Crippen LogP contribution in [0.25, 0.3) is 0 Å². The zero-order valence-electron chi connectivity index (χ0n) is 13.2. The first-order chi connectivity index (χ1) is 10.7. The van der Waals surface area contributed by atoms with Crippen molar-refractivity contribution < 1.29 is 26.5 Å². The molecule has 0 atom stereocenters. The normalized spacial score (nSPS) is 25.1. The molecule has 23 heavy (non-hydrogen) atoms. The van der Waals surface area contributed by atoms with E-state index in [-0.39, 0.29) is 24.5 Å². The number of benzene rings is 1. The number of hydrogen-bond donors (Lipinski definition) is 0. The molecule has 2 rings (SSSR count). The zero-order valence-corrected chi connectivity index (χ0v) is 14.1. The van der Waals surface area contributed by atoms with Crippen LogP contribution in [0.1, 0.15) is 38.2 Å². The van der Waals surface area contributed by atoms with Crippen molar-refractivity contribution >= 4 is 16.1 Å². The summed E-state index contributed by atoms with van der Waals surface area (Å²) in [7, 11) is -3.49. The van der Waals surface area contributed by atoms with E-state index >= 15 is 0 Å². The van der Waals surface area contributed by atoms with Gasteiger partial charge in [-0.3, -0.25) is 8.98 Å². The lowest BCUT2D eigenvalue weighted by Crippen LogP contribution is -2.39. The van der Waals surface area contributed by atoms with Gasteiger partial charge in [0.25, 0.3) is 10.1 Å². The number of esters is 1. The topological polar surface area (TPSA) is 69.7 Å². The third-order valence-electron chi connectivity index (χ3n) is 4.21. The van der Waals surface area contributed by atoms with Crippen molar-refractivity contribution in [2.75, 3.05) is 12.9 Å². The molecule has 0 heterocycles. The number of halogens is 1. The van der Waals surface area contributed by atoms with Crippen LogP contribution in [0.5, 0.6) is 0 Å². The van der Waals surface area contributed by atoms with Crippen LogP contribution in [0, 0.1) is 5.82 Å². The molecule has 1 aliphatic carbocycles. The molecule has 128 valence electrons. The van der Waals surface area contributed by atoms with Crippen LogP contribution < -0.4 is 0 Å². The fourth-order valence-electron chi connectivity index (χ4n) is 3.05. The third kappa shape index (κ3) is 5.00. The molecule has 0 aliphatic heterocycles. The van der Waals surface area contributed by atoms with Crippen LogP contribution in [0.15, 0.2) is 24.3 Å². The fourth-order valence-corrected chi connectivity index (χ4v) is 3.73. The van der Waals surface area contributed by atoms with Gasteiger partial charge >= 0.3 is 5.97 Å². The van der Waals surface area contributed by atoms with E-state index in [1.54, 1.807) is 12.1 Å². The van der Waals surface area contributed by atoms with Gasteiger partial charge in [0.1, 0.15) is 12.4 Å². The summed E-state index contributed by atoms with van der Waals surface area (Å²) in [5.74, 6) is -0.702. The van der Waals surface area contributed by atoms with E-state index in [0.29, 0.717) is 25.7 Å². The Balaban J connectivity index is 2.17. The second kappa shape index (κ2) is 6.97. The van der Waals surface area contributed by atoms with E-state index in [4.69, 9.17) is 8.92 Å². The van der Waals surface area contributed by atoms with Gasteiger partial charge in [-0.1, -0.05) is 12.1 Å². The number of ether oxygens (including phenoxy) is 1. The Kier molecular flexibility index (Phi) is 5.41. The maximum atomic E-state index is 13.2. The lowest BCUT2D eigenvalue weighted by atomic mass is 9.69. The molecule has 1 fully saturated rings. The van der Waals surface area contributed by atoms with Crippen molar-refractivity contribution in [3.05, 3.63) is 35.6 Å². The second-order valence-corrected chi connectivity index (χ2v) is 7.67. The number of carbonyl (C=O) groups is 1. The van der Waals surface area contributed by atoms with Crippen molar-refractivity contribution in [1.29, 1.82) is 0 Å². The van der Waals surface area contributed by atoms with Gasteiger partial charge in [-0.15, -0.1) is 0 Å². The standard InChI is InChI=1S/C16H21FO5S/c1-12(18)21-11-16(13-3-5-14(17)6-4-13)9-7-15(8-10-16)22-23(2,19)20/h3-6,15H,7-11H2,1-2H3/t15-,16-. The van der Waals surface area contributed by atoms with E-state index in [9.17, 15) is 17.6 Å². The number of hydrogen-bond acceptors (Lipinski definition) is 5. The summed E-state index contributed by atoms with van der Waals surface area (Å²) >= 11 is 0. The Morgan fingerprint density at radius 1 is 1.26 bits per heavy atom. The minimum Gasteiger partial charge on any atom is -0.465 e. The molecule has 0 N–H and O–H groups in total. The highest BCUT2D eigenvalue weighted by Gasteiger charge is 2.39. The van der Waals surface area contributed by atoms with Gasteiger partial charge < -0.3 is 4.74 Å². The van der Waals surface area contributed by atoms with Crippen molar-refractivity contribution in [2.45, 2.75) is 44.1 Å². The van der Waals surface area contributed by atoms with Crippen LogP contribution >= 0.6 is 0 Å². The van der Waals surface area contributed by atoms with Crippen LogP contribution in [-0.2, 0) is 29.2 Å². The van der Waals surface area contributed by atoms with Crippen LogP contribution in [0.3, 0.4) is 0 Å². The molecular weight excluding hydrogens is 323 g/mol. The molecule has 0 aromatic heterocycles. The lowest BCUT2D eigenvalue weighted by molar-refractivity contribution is -0.143. The van der Waals surface area contributed by atoms with E-state index < -0.39 is 15.5 Å². The minimum atomic E-state index is -3.49. The highest BCUT2D eigenvalue weighted by molar-refractivity contribution is 7.86. The lowest BCUT2D eigenvalue weighted by Gasteiger charge is -2.39. The maximum Gasteiger partial charge on any atom is 0.302 e. The summed E-state index contributed by atoms with van der Waals surface area (Å²) in [6.45, 7) is 1.54. The highest BCUT2D eigenvalue weighted by Crippen LogP contribution is 2.41. The van der Waals surface area contributed by atoms with Gasteiger partial charge in [0.2, 0.25) is 0 Å². The Bertz CT molecular complexity index is 646. The van der Waals surface area contributed by atoms with E-state index in [2.05, 4.69) is 0 Å². The largest absolute Gasteiger partial charge is 0.465 e. The fraction of sp³-hybridized carbons (Fsp3) is 0.562. The highest BCUT2D eigenvalue weighted by atomic mass is 32.2.